The number of carbonyl (C=O) groups excluding carboxylic acids is 1. The van der Waals surface area contributed by atoms with Crippen molar-refractivity contribution in [1.29, 1.82) is 0 Å². The fourth-order valence-electron chi connectivity index (χ4n) is 1.74. The number of rotatable bonds is 4. The molecule has 5 heteroatoms. The zero-order chi connectivity index (χ0) is 10.7. The van der Waals surface area contributed by atoms with Crippen molar-refractivity contribution in [3.63, 3.8) is 0 Å². The number of aliphatic hydroxyl groups is 2. The van der Waals surface area contributed by atoms with E-state index in [9.17, 15) is 9.90 Å². The van der Waals surface area contributed by atoms with Gasteiger partial charge in [-0.05, 0) is 12.8 Å². The Morgan fingerprint density at radius 1 is 1.71 bits per heavy atom. The van der Waals surface area contributed by atoms with Gasteiger partial charge in [0.15, 0.2) is 0 Å². The van der Waals surface area contributed by atoms with Crippen LogP contribution in [0.3, 0.4) is 0 Å². The van der Waals surface area contributed by atoms with Crippen molar-refractivity contribution in [3.8, 4) is 0 Å². The predicted octanol–water partition coefficient (Wildman–Crippen LogP) is -0.0285. The quantitative estimate of drug-likeness (QED) is 0.702. The Kier molecular flexibility index (Phi) is 4.34. The highest BCUT2D eigenvalue weighted by atomic mass is 79.9. The summed E-state index contributed by atoms with van der Waals surface area (Å²) in [5, 5.41) is 19.2. The van der Waals surface area contributed by atoms with Crippen LogP contribution in [0.5, 0.6) is 0 Å². The molecule has 0 aromatic rings. The van der Waals surface area contributed by atoms with E-state index < -0.39 is 12.1 Å². The van der Waals surface area contributed by atoms with Gasteiger partial charge < -0.3 is 15.1 Å². The number of likely N-dealkylation sites (tertiary alicyclic amines) is 1. The van der Waals surface area contributed by atoms with Crippen molar-refractivity contribution in [2.24, 2.45) is 5.92 Å². The molecule has 0 saturated carbocycles. The molecule has 1 amide bonds. The van der Waals surface area contributed by atoms with Crippen molar-refractivity contribution in [1.82, 2.24) is 4.90 Å². The molecule has 0 bridgehead atoms. The van der Waals surface area contributed by atoms with Crippen molar-refractivity contribution in [2.75, 3.05) is 18.5 Å². The molecule has 0 radical (unpaired) electrons. The van der Waals surface area contributed by atoms with Gasteiger partial charge in [-0.2, -0.15) is 0 Å². The fourth-order valence-corrected chi connectivity index (χ4v) is 2.18. The van der Waals surface area contributed by atoms with Crippen LogP contribution in [-0.4, -0.2) is 51.6 Å². The SMILES string of the molecule is C[C@@H](O)[C@@H](CO)N1CC(CBr)CC1=O. The molecule has 1 fully saturated rings. The molecule has 0 spiro atoms. The van der Waals surface area contributed by atoms with E-state index in [-0.39, 0.29) is 12.5 Å². The molecule has 1 aliphatic rings. The minimum absolute atomic E-state index is 0.0226. The van der Waals surface area contributed by atoms with Crippen LogP contribution in [0.15, 0.2) is 0 Å². The van der Waals surface area contributed by atoms with E-state index >= 15 is 0 Å². The summed E-state index contributed by atoms with van der Waals surface area (Å²) in [5.41, 5.74) is 0. The maximum atomic E-state index is 11.5. The average molecular weight is 266 g/mol. The Balaban J connectivity index is 2.63. The minimum atomic E-state index is -0.682. The first kappa shape index (κ1) is 11.9. The van der Waals surface area contributed by atoms with Gasteiger partial charge in [0.05, 0.1) is 18.8 Å². The molecular weight excluding hydrogens is 250 g/mol. The van der Waals surface area contributed by atoms with E-state index in [1.165, 1.54) is 0 Å². The van der Waals surface area contributed by atoms with Crippen LogP contribution < -0.4 is 0 Å². The van der Waals surface area contributed by atoms with Gasteiger partial charge in [0, 0.05) is 18.3 Å². The lowest BCUT2D eigenvalue weighted by Crippen LogP contribution is -2.45. The maximum Gasteiger partial charge on any atom is 0.223 e. The summed E-state index contributed by atoms with van der Waals surface area (Å²) >= 11 is 3.34. The molecule has 1 aliphatic heterocycles. The molecule has 1 heterocycles. The lowest BCUT2D eigenvalue weighted by molar-refractivity contribution is -0.132. The lowest BCUT2D eigenvalue weighted by atomic mass is 10.1. The van der Waals surface area contributed by atoms with Crippen LogP contribution in [0.4, 0.5) is 0 Å². The Bertz CT molecular complexity index is 210. The van der Waals surface area contributed by atoms with E-state index in [0.717, 1.165) is 5.33 Å². The first-order valence-electron chi connectivity index (χ1n) is 4.74. The average Bonchev–Trinajstić information content (AvgIpc) is 2.48. The molecule has 4 nitrogen and oxygen atoms in total. The summed E-state index contributed by atoms with van der Waals surface area (Å²) in [5.74, 6) is 0.324. The van der Waals surface area contributed by atoms with E-state index in [2.05, 4.69) is 15.9 Å². The highest BCUT2D eigenvalue weighted by molar-refractivity contribution is 9.09. The predicted molar refractivity (Wildman–Crippen MR) is 56.2 cm³/mol. The smallest absolute Gasteiger partial charge is 0.223 e. The number of aliphatic hydroxyl groups excluding tert-OH is 2. The van der Waals surface area contributed by atoms with E-state index in [0.29, 0.717) is 18.9 Å². The Hall–Kier alpha value is -0.130. The Morgan fingerprint density at radius 3 is 2.71 bits per heavy atom. The monoisotopic (exact) mass is 265 g/mol. The van der Waals surface area contributed by atoms with Gasteiger partial charge in [-0.3, -0.25) is 4.79 Å². The van der Waals surface area contributed by atoms with Gasteiger partial charge in [-0.1, -0.05) is 15.9 Å². The topological polar surface area (TPSA) is 60.8 Å². The van der Waals surface area contributed by atoms with Crippen molar-refractivity contribution in [3.05, 3.63) is 0 Å². The van der Waals surface area contributed by atoms with Gasteiger partial charge in [0.25, 0.3) is 0 Å². The first-order valence-corrected chi connectivity index (χ1v) is 5.86. The van der Waals surface area contributed by atoms with Gasteiger partial charge >= 0.3 is 0 Å². The second kappa shape index (κ2) is 5.09. The molecule has 0 aromatic heterocycles. The highest BCUT2D eigenvalue weighted by Crippen LogP contribution is 2.22. The van der Waals surface area contributed by atoms with Gasteiger partial charge in [0.2, 0.25) is 5.91 Å². The minimum Gasteiger partial charge on any atom is -0.394 e. The number of hydrogen-bond donors (Lipinski definition) is 2. The summed E-state index contributed by atoms with van der Waals surface area (Å²) < 4.78 is 0. The number of alkyl halides is 1. The summed E-state index contributed by atoms with van der Waals surface area (Å²) in [7, 11) is 0. The van der Waals surface area contributed by atoms with E-state index in [4.69, 9.17) is 5.11 Å². The van der Waals surface area contributed by atoms with Crippen LogP contribution in [0.2, 0.25) is 0 Å². The van der Waals surface area contributed by atoms with Crippen molar-refractivity contribution in [2.45, 2.75) is 25.5 Å². The molecule has 0 aliphatic carbocycles. The second-order valence-corrected chi connectivity index (χ2v) is 4.41. The van der Waals surface area contributed by atoms with Gasteiger partial charge in [-0.15, -0.1) is 0 Å². The fraction of sp³-hybridized carbons (Fsp3) is 0.889. The highest BCUT2D eigenvalue weighted by Gasteiger charge is 2.35. The van der Waals surface area contributed by atoms with Crippen LogP contribution in [0.1, 0.15) is 13.3 Å². The molecular formula is C9H16BrNO3. The van der Waals surface area contributed by atoms with Crippen molar-refractivity contribution >= 4 is 21.8 Å². The van der Waals surface area contributed by atoms with E-state index in [1.54, 1.807) is 11.8 Å². The Morgan fingerprint density at radius 2 is 2.36 bits per heavy atom. The Labute approximate surface area is 92.0 Å². The number of carbonyl (C=O) groups is 1. The van der Waals surface area contributed by atoms with Crippen molar-refractivity contribution < 1.29 is 15.0 Å². The molecule has 1 saturated heterocycles. The summed E-state index contributed by atoms with van der Waals surface area (Å²) in [6, 6.07) is -0.452. The van der Waals surface area contributed by atoms with Gasteiger partial charge in [-0.25, -0.2) is 0 Å². The van der Waals surface area contributed by atoms with Crippen LogP contribution in [0, 0.1) is 5.92 Å². The van der Waals surface area contributed by atoms with E-state index in [1.807, 2.05) is 0 Å². The standard InChI is InChI=1S/C9H16BrNO3/c1-6(13)8(5-12)11-4-7(3-10)2-9(11)14/h6-8,12-13H,2-5H2,1H3/t6-,7?,8-/m1/s1. The summed E-state index contributed by atoms with van der Waals surface area (Å²) in [4.78, 5) is 13.1. The third-order valence-electron chi connectivity index (χ3n) is 2.60. The number of halogens is 1. The number of hydrogen-bond acceptors (Lipinski definition) is 3. The van der Waals surface area contributed by atoms with Gasteiger partial charge in [0.1, 0.15) is 0 Å². The summed E-state index contributed by atoms with van der Waals surface area (Å²) in [6.07, 6.45) is -0.174. The third-order valence-corrected chi connectivity index (χ3v) is 3.52. The number of nitrogens with zero attached hydrogens (tertiary/aromatic N) is 1. The molecule has 82 valence electrons. The largest absolute Gasteiger partial charge is 0.394 e. The van der Waals surface area contributed by atoms with Crippen LogP contribution in [-0.2, 0) is 4.79 Å². The zero-order valence-electron chi connectivity index (χ0n) is 8.19. The molecule has 1 unspecified atom stereocenters. The first-order chi connectivity index (χ1) is 6.60. The molecule has 1 rings (SSSR count). The van der Waals surface area contributed by atoms with Crippen LogP contribution >= 0.6 is 15.9 Å². The normalized spacial score (nSPS) is 26.7. The summed E-state index contributed by atoms with van der Waals surface area (Å²) in [6.45, 7) is 2.04. The zero-order valence-corrected chi connectivity index (χ0v) is 9.77. The molecule has 14 heavy (non-hydrogen) atoms. The molecule has 0 aromatic carbocycles. The third kappa shape index (κ3) is 2.46. The maximum absolute atomic E-state index is 11.5. The molecule has 3 atom stereocenters. The number of amides is 1. The molecule has 2 N–H and O–H groups in total. The van der Waals surface area contributed by atoms with Crippen LogP contribution in [0.25, 0.3) is 0 Å². The lowest BCUT2D eigenvalue weighted by Gasteiger charge is -2.28. The second-order valence-electron chi connectivity index (χ2n) is 3.76.